The Morgan fingerprint density at radius 3 is 2.00 bits per heavy atom. The summed E-state index contributed by atoms with van der Waals surface area (Å²) in [6.45, 7) is 1.33. The van der Waals surface area contributed by atoms with Crippen molar-refractivity contribution in [3.8, 4) is 0 Å². The molecule has 154 valence electrons. The standard InChI is InChI=1S/C15H29NO10/c1-7(19)14(13(24)10(22)4-6-18)26-15(25)11(16-8(2)20)12(23)9(21)3-5-17/h7,9-10,13-15,17-19,21-25H,3-6H2,1-2H3,(H,16,20)/b12-11-/t7-,9-,10-,13?,14?,15+/m1/s1. The molecule has 0 aromatic heterocycles. The second kappa shape index (κ2) is 12.1. The fraction of sp³-hybridized carbons (Fsp3) is 0.800. The van der Waals surface area contributed by atoms with Crippen molar-refractivity contribution < 1.29 is 50.4 Å². The first-order valence-corrected chi connectivity index (χ1v) is 8.04. The molecule has 0 saturated carbocycles. The van der Waals surface area contributed by atoms with Gasteiger partial charge < -0.3 is 50.9 Å². The van der Waals surface area contributed by atoms with Gasteiger partial charge in [-0.3, -0.25) is 4.79 Å². The first-order chi connectivity index (χ1) is 12.1. The molecule has 11 nitrogen and oxygen atoms in total. The number of amides is 1. The Bertz CT molecular complexity index is 456. The van der Waals surface area contributed by atoms with E-state index in [2.05, 4.69) is 5.32 Å². The van der Waals surface area contributed by atoms with Crippen LogP contribution in [0.4, 0.5) is 0 Å². The zero-order chi connectivity index (χ0) is 20.4. The molecule has 0 heterocycles. The van der Waals surface area contributed by atoms with Gasteiger partial charge in [0.2, 0.25) is 5.91 Å². The van der Waals surface area contributed by atoms with Crippen LogP contribution in [0.3, 0.4) is 0 Å². The lowest BCUT2D eigenvalue weighted by atomic mass is 10.0. The minimum atomic E-state index is -2.09. The molecule has 26 heavy (non-hydrogen) atoms. The van der Waals surface area contributed by atoms with Crippen molar-refractivity contribution >= 4 is 5.91 Å². The number of nitrogens with one attached hydrogen (secondary N) is 1. The van der Waals surface area contributed by atoms with E-state index in [1.807, 2.05) is 0 Å². The predicted molar refractivity (Wildman–Crippen MR) is 87.5 cm³/mol. The van der Waals surface area contributed by atoms with Crippen LogP contribution in [0.5, 0.6) is 0 Å². The highest BCUT2D eigenvalue weighted by Gasteiger charge is 2.34. The van der Waals surface area contributed by atoms with Crippen molar-refractivity contribution in [2.24, 2.45) is 0 Å². The fourth-order valence-electron chi connectivity index (χ4n) is 2.10. The number of rotatable bonds is 12. The molecule has 1 amide bonds. The van der Waals surface area contributed by atoms with Crippen molar-refractivity contribution in [3.63, 3.8) is 0 Å². The van der Waals surface area contributed by atoms with Crippen LogP contribution in [-0.2, 0) is 9.53 Å². The monoisotopic (exact) mass is 383 g/mol. The van der Waals surface area contributed by atoms with Crippen molar-refractivity contribution in [3.05, 3.63) is 11.5 Å². The molecule has 0 rings (SSSR count). The average Bonchev–Trinajstić information content (AvgIpc) is 2.56. The van der Waals surface area contributed by atoms with Gasteiger partial charge in [0, 0.05) is 26.6 Å². The maximum absolute atomic E-state index is 11.3. The van der Waals surface area contributed by atoms with Crippen molar-refractivity contribution in [1.82, 2.24) is 5.32 Å². The van der Waals surface area contributed by atoms with Crippen molar-refractivity contribution in [1.29, 1.82) is 0 Å². The summed E-state index contributed by atoms with van der Waals surface area (Å²) in [4.78, 5) is 11.3. The Balaban J connectivity index is 5.50. The van der Waals surface area contributed by atoms with Gasteiger partial charge in [-0.05, 0) is 13.3 Å². The molecule has 0 saturated heterocycles. The van der Waals surface area contributed by atoms with Crippen molar-refractivity contribution in [2.45, 2.75) is 63.5 Å². The Labute approximate surface area is 150 Å². The summed E-state index contributed by atoms with van der Waals surface area (Å²) in [6, 6.07) is 0. The molecule has 0 aromatic rings. The van der Waals surface area contributed by atoms with Crippen LogP contribution in [0.1, 0.15) is 26.7 Å². The quantitative estimate of drug-likeness (QED) is 0.122. The number of carbonyl (C=O) groups excluding carboxylic acids is 1. The van der Waals surface area contributed by atoms with E-state index in [0.717, 1.165) is 6.92 Å². The third kappa shape index (κ3) is 7.93. The van der Waals surface area contributed by atoms with E-state index < -0.39 is 67.4 Å². The molecular formula is C15H29NO10. The van der Waals surface area contributed by atoms with Crippen LogP contribution in [0.25, 0.3) is 0 Å². The van der Waals surface area contributed by atoms with E-state index in [1.165, 1.54) is 6.92 Å². The predicted octanol–water partition coefficient (Wildman–Crippen LogP) is -3.18. The van der Waals surface area contributed by atoms with E-state index in [4.69, 9.17) is 14.9 Å². The van der Waals surface area contributed by atoms with Gasteiger partial charge in [-0.15, -0.1) is 0 Å². The molecule has 2 unspecified atom stereocenters. The summed E-state index contributed by atoms with van der Waals surface area (Å²) >= 11 is 0. The minimum absolute atomic E-state index is 0.224. The van der Waals surface area contributed by atoms with Crippen LogP contribution < -0.4 is 5.32 Å². The second-order valence-corrected chi connectivity index (χ2v) is 5.77. The van der Waals surface area contributed by atoms with E-state index in [9.17, 15) is 35.4 Å². The summed E-state index contributed by atoms with van der Waals surface area (Å²) in [5.41, 5.74) is -0.645. The van der Waals surface area contributed by atoms with Crippen LogP contribution in [0.15, 0.2) is 11.5 Å². The molecule has 11 heteroatoms. The highest BCUT2D eigenvalue weighted by molar-refractivity contribution is 5.75. The second-order valence-electron chi connectivity index (χ2n) is 5.77. The molecule has 0 aliphatic carbocycles. The van der Waals surface area contributed by atoms with Crippen LogP contribution in [0, 0.1) is 0 Å². The van der Waals surface area contributed by atoms with E-state index in [-0.39, 0.29) is 12.8 Å². The van der Waals surface area contributed by atoms with Gasteiger partial charge in [-0.2, -0.15) is 0 Å². The molecule has 0 aliphatic heterocycles. The maximum Gasteiger partial charge on any atom is 0.221 e. The molecule has 0 bridgehead atoms. The normalized spacial score (nSPS) is 19.7. The lowest BCUT2D eigenvalue weighted by molar-refractivity contribution is -0.196. The fourth-order valence-corrected chi connectivity index (χ4v) is 2.10. The van der Waals surface area contributed by atoms with Crippen LogP contribution >= 0.6 is 0 Å². The van der Waals surface area contributed by atoms with Crippen LogP contribution in [0.2, 0.25) is 0 Å². The first-order valence-electron chi connectivity index (χ1n) is 8.04. The Morgan fingerprint density at radius 2 is 1.58 bits per heavy atom. The van der Waals surface area contributed by atoms with Crippen molar-refractivity contribution in [2.75, 3.05) is 13.2 Å². The molecule has 6 atom stereocenters. The Kier molecular flexibility index (Phi) is 11.5. The Hall–Kier alpha value is -1.31. The zero-order valence-corrected chi connectivity index (χ0v) is 14.7. The lowest BCUT2D eigenvalue weighted by Crippen LogP contribution is -2.48. The van der Waals surface area contributed by atoms with Gasteiger partial charge in [-0.25, -0.2) is 0 Å². The van der Waals surface area contributed by atoms with Gasteiger partial charge >= 0.3 is 0 Å². The molecule has 0 aliphatic rings. The minimum Gasteiger partial charge on any atom is -0.508 e. The number of hydrogen-bond donors (Lipinski definition) is 9. The number of hydrogen-bond acceptors (Lipinski definition) is 10. The third-order valence-corrected chi connectivity index (χ3v) is 3.47. The van der Waals surface area contributed by atoms with Gasteiger partial charge in [0.1, 0.15) is 29.8 Å². The smallest absolute Gasteiger partial charge is 0.221 e. The summed E-state index contributed by atoms with van der Waals surface area (Å²) in [5.74, 6) is -1.60. The number of aliphatic hydroxyl groups excluding tert-OH is 8. The van der Waals surface area contributed by atoms with E-state index in [0.29, 0.717) is 0 Å². The van der Waals surface area contributed by atoms with Gasteiger partial charge in [0.15, 0.2) is 6.29 Å². The Morgan fingerprint density at radius 1 is 1.04 bits per heavy atom. The highest BCUT2D eigenvalue weighted by Crippen LogP contribution is 2.18. The third-order valence-electron chi connectivity index (χ3n) is 3.47. The number of carbonyl (C=O) groups is 1. The molecule has 0 spiro atoms. The molecule has 9 N–H and O–H groups in total. The summed E-state index contributed by atoms with van der Waals surface area (Å²) < 4.78 is 5.06. The largest absolute Gasteiger partial charge is 0.508 e. The summed E-state index contributed by atoms with van der Waals surface area (Å²) in [6.07, 6.45) is -10.4. The van der Waals surface area contributed by atoms with Crippen LogP contribution in [-0.4, -0.2) is 96.8 Å². The number of aliphatic hydroxyl groups is 8. The van der Waals surface area contributed by atoms with Gasteiger partial charge in [0.25, 0.3) is 0 Å². The molecule has 0 radical (unpaired) electrons. The summed E-state index contributed by atoms with van der Waals surface area (Å²) in [5, 5.41) is 78.9. The van der Waals surface area contributed by atoms with E-state index >= 15 is 0 Å². The molecule has 0 aromatic carbocycles. The van der Waals surface area contributed by atoms with Gasteiger partial charge in [-0.1, -0.05) is 0 Å². The van der Waals surface area contributed by atoms with Gasteiger partial charge in [0.05, 0.1) is 12.2 Å². The highest BCUT2D eigenvalue weighted by atomic mass is 16.6. The molecule has 0 fully saturated rings. The SMILES string of the molecule is CC(=O)N/C(=C(\O)[C@H](O)CCO)[C@@H](O)OC(C(O)[C@H](O)CCO)[C@@H](C)O. The zero-order valence-electron chi connectivity index (χ0n) is 14.7. The summed E-state index contributed by atoms with van der Waals surface area (Å²) in [7, 11) is 0. The average molecular weight is 383 g/mol. The topological polar surface area (TPSA) is 200 Å². The molecular weight excluding hydrogens is 354 g/mol. The first kappa shape index (κ1) is 24.7. The maximum atomic E-state index is 11.3. The number of ether oxygens (including phenoxy) is 1. The lowest BCUT2D eigenvalue weighted by Gasteiger charge is -2.31. The van der Waals surface area contributed by atoms with E-state index in [1.54, 1.807) is 0 Å².